The van der Waals surface area contributed by atoms with E-state index >= 15 is 0 Å². The molecule has 4 nitrogen and oxygen atoms in total. The Balaban J connectivity index is 1.60. The van der Waals surface area contributed by atoms with Gasteiger partial charge in [-0.2, -0.15) is 0 Å². The molecule has 0 aliphatic carbocycles. The Labute approximate surface area is 164 Å². The first kappa shape index (κ1) is 19.5. The molecular formula is C22H25NO3S. The van der Waals surface area contributed by atoms with Crippen molar-refractivity contribution in [1.82, 2.24) is 4.90 Å². The lowest BCUT2D eigenvalue weighted by molar-refractivity contribution is -0.127. The number of esters is 1. The summed E-state index contributed by atoms with van der Waals surface area (Å²) in [6.45, 7) is 6.04. The van der Waals surface area contributed by atoms with Gasteiger partial charge in [-0.25, -0.2) is 4.79 Å². The molecule has 1 aliphatic rings. The van der Waals surface area contributed by atoms with Gasteiger partial charge in [-0.3, -0.25) is 4.79 Å². The van der Waals surface area contributed by atoms with E-state index in [1.54, 1.807) is 6.07 Å². The predicted molar refractivity (Wildman–Crippen MR) is 108 cm³/mol. The summed E-state index contributed by atoms with van der Waals surface area (Å²) in [5.41, 5.74) is 3.88. The molecule has 1 fully saturated rings. The first-order valence-electron chi connectivity index (χ1n) is 9.27. The Morgan fingerprint density at radius 1 is 1.04 bits per heavy atom. The SMILES string of the molecule is Cc1ccc(COC(=O)c2ccccc2SCC(=O)N2CCCC2)cc1C. The summed E-state index contributed by atoms with van der Waals surface area (Å²) < 4.78 is 5.51. The Bertz CT molecular complexity index is 828. The third-order valence-electron chi connectivity index (χ3n) is 4.86. The molecule has 2 aromatic rings. The van der Waals surface area contributed by atoms with E-state index in [9.17, 15) is 9.59 Å². The Hall–Kier alpha value is -2.27. The van der Waals surface area contributed by atoms with Gasteiger partial charge < -0.3 is 9.64 Å². The second kappa shape index (κ2) is 9.09. The lowest BCUT2D eigenvalue weighted by Gasteiger charge is -2.15. The standard InChI is InChI=1S/C22H25NO3S/c1-16-9-10-18(13-17(16)2)14-26-22(25)19-7-3-4-8-20(19)27-15-21(24)23-11-5-6-12-23/h3-4,7-10,13H,5-6,11-12,14-15H2,1-2H3. The third-order valence-corrected chi connectivity index (χ3v) is 5.92. The summed E-state index contributed by atoms with van der Waals surface area (Å²) in [6, 6.07) is 13.4. The number of carbonyl (C=O) groups is 2. The summed E-state index contributed by atoms with van der Waals surface area (Å²) in [6.07, 6.45) is 2.16. The summed E-state index contributed by atoms with van der Waals surface area (Å²) >= 11 is 1.40. The van der Waals surface area contributed by atoms with Crippen LogP contribution in [0.15, 0.2) is 47.4 Å². The maximum atomic E-state index is 12.6. The Morgan fingerprint density at radius 3 is 2.52 bits per heavy atom. The van der Waals surface area contributed by atoms with Crippen molar-refractivity contribution in [3.05, 3.63) is 64.7 Å². The van der Waals surface area contributed by atoms with Crippen molar-refractivity contribution < 1.29 is 14.3 Å². The van der Waals surface area contributed by atoms with E-state index in [1.807, 2.05) is 48.2 Å². The fourth-order valence-electron chi connectivity index (χ4n) is 3.08. The molecule has 1 aliphatic heterocycles. The summed E-state index contributed by atoms with van der Waals surface area (Å²) in [5.74, 6) is 0.127. The first-order chi connectivity index (χ1) is 13.0. The van der Waals surface area contributed by atoms with Gasteiger partial charge >= 0.3 is 5.97 Å². The van der Waals surface area contributed by atoms with Gasteiger partial charge in [0.1, 0.15) is 6.61 Å². The van der Waals surface area contributed by atoms with Crippen LogP contribution in [0.25, 0.3) is 0 Å². The number of nitrogens with zero attached hydrogens (tertiary/aromatic N) is 1. The lowest BCUT2D eigenvalue weighted by Crippen LogP contribution is -2.29. The number of benzene rings is 2. The lowest BCUT2D eigenvalue weighted by atomic mass is 10.1. The second-order valence-electron chi connectivity index (χ2n) is 6.87. The van der Waals surface area contributed by atoms with Gasteiger partial charge in [-0.1, -0.05) is 30.3 Å². The van der Waals surface area contributed by atoms with Crippen LogP contribution in [0, 0.1) is 13.8 Å². The van der Waals surface area contributed by atoms with Crippen molar-refractivity contribution in [2.75, 3.05) is 18.8 Å². The molecule has 0 N–H and O–H groups in total. The number of aryl methyl sites for hydroxylation is 2. The molecule has 0 aromatic heterocycles. The maximum absolute atomic E-state index is 12.6. The van der Waals surface area contributed by atoms with Gasteiger partial charge in [0, 0.05) is 18.0 Å². The van der Waals surface area contributed by atoms with Crippen LogP contribution in [0.3, 0.4) is 0 Å². The first-order valence-corrected chi connectivity index (χ1v) is 10.3. The highest BCUT2D eigenvalue weighted by molar-refractivity contribution is 8.00. The number of thioether (sulfide) groups is 1. The van der Waals surface area contributed by atoms with Crippen LogP contribution >= 0.6 is 11.8 Å². The minimum Gasteiger partial charge on any atom is -0.457 e. The molecular weight excluding hydrogens is 358 g/mol. The minimum atomic E-state index is -0.357. The van der Waals surface area contributed by atoms with Crippen molar-refractivity contribution in [3.8, 4) is 0 Å². The highest BCUT2D eigenvalue weighted by Crippen LogP contribution is 2.25. The van der Waals surface area contributed by atoms with Crippen molar-refractivity contribution in [3.63, 3.8) is 0 Å². The van der Waals surface area contributed by atoms with Crippen LogP contribution in [0.5, 0.6) is 0 Å². The third kappa shape index (κ3) is 5.13. The minimum absolute atomic E-state index is 0.135. The van der Waals surface area contributed by atoms with Gasteiger partial charge in [0.2, 0.25) is 5.91 Å². The normalized spacial score (nSPS) is 13.6. The predicted octanol–water partition coefficient (Wildman–Crippen LogP) is 4.37. The number of likely N-dealkylation sites (tertiary alicyclic amines) is 1. The van der Waals surface area contributed by atoms with E-state index in [1.165, 1.54) is 22.9 Å². The average Bonchev–Trinajstić information content (AvgIpc) is 3.22. The number of rotatable bonds is 6. The van der Waals surface area contributed by atoms with Crippen LogP contribution < -0.4 is 0 Å². The van der Waals surface area contributed by atoms with Gasteiger partial charge in [-0.15, -0.1) is 11.8 Å². The summed E-state index contributed by atoms with van der Waals surface area (Å²) in [4.78, 5) is 27.5. The fraction of sp³-hybridized carbons (Fsp3) is 0.364. The number of carbonyl (C=O) groups excluding carboxylic acids is 2. The van der Waals surface area contributed by atoms with E-state index in [0.29, 0.717) is 11.3 Å². The molecule has 1 amide bonds. The van der Waals surface area contributed by atoms with E-state index in [2.05, 4.69) is 6.92 Å². The van der Waals surface area contributed by atoms with Crippen LogP contribution in [-0.2, 0) is 16.1 Å². The molecule has 142 valence electrons. The van der Waals surface area contributed by atoms with Gasteiger partial charge in [0.25, 0.3) is 0 Å². The molecule has 5 heteroatoms. The highest BCUT2D eigenvalue weighted by atomic mass is 32.2. The zero-order valence-corrected chi connectivity index (χ0v) is 16.7. The second-order valence-corrected chi connectivity index (χ2v) is 7.88. The molecule has 2 aromatic carbocycles. The number of hydrogen-bond acceptors (Lipinski definition) is 4. The van der Waals surface area contributed by atoms with Gasteiger partial charge in [0.05, 0.1) is 11.3 Å². The molecule has 0 bridgehead atoms. The molecule has 0 unspecified atom stereocenters. The molecule has 1 saturated heterocycles. The number of ether oxygens (including phenoxy) is 1. The Kier molecular flexibility index (Phi) is 6.56. The van der Waals surface area contributed by atoms with Crippen LogP contribution in [-0.4, -0.2) is 35.6 Å². The average molecular weight is 384 g/mol. The molecule has 27 heavy (non-hydrogen) atoms. The summed E-state index contributed by atoms with van der Waals surface area (Å²) in [7, 11) is 0. The monoisotopic (exact) mass is 383 g/mol. The van der Waals surface area contributed by atoms with Gasteiger partial charge in [0.15, 0.2) is 0 Å². The van der Waals surface area contributed by atoms with Gasteiger partial charge in [-0.05, 0) is 55.5 Å². The highest BCUT2D eigenvalue weighted by Gasteiger charge is 2.19. The largest absolute Gasteiger partial charge is 0.457 e. The molecule has 3 rings (SSSR count). The van der Waals surface area contributed by atoms with E-state index in [4.69, 9.17) is 4.74 Å². The van der Waals surface area contributed by atoms with Crippen molar-refractivity contribution in [2.24, 2.45) is 0 Å². The molecule has 0 spiro atoms. The maximum Gasteiger partial charge on any atom is 0.339 e. The fourth-order valence-corrected chi connectivity index (χ4v) is 4.02. The number of amides is 1. The zero-order chi connectivity index (χ0) is 19.2. The smallest absolute Gasteiger partial charge is 0.339 e. The summed E-state index contributed by atoms with van der Waals surface area (Å²) in [5, 5.41) is 0. The molecule has 0 radical (unpaired) electrons. The van der Waals surface area contributed by atoms with Crippen LogP contribution in [0.2, 0.25) is 0 Å². The molecule has 0 atom stereocenters. The Morgan fingerprint density at radius 2 is 1.78 bits per heavy atom. The van der Waals surface area contributed by atoms with E-state index < -0.39 is 0 Å². The number of hydrogen-bond donors (Lipinski definition) is 0. The van der Waals surface area contributed by atoms with Crippen molar-refractivity contribution in [1.29, 1.82) is 0 Å². The van der Waals surface area contributed by atoms with Crippen molar-refractivity contribution in [2.45, 2.75) is 38.2 Å². The van der Waals surface area contributed by atoms with Crippen molar-refractivity contribution >= 4 is 23.6 Å². The van der Waals surface area contributed by atoms with E-state index in [0.717, 1.165) is 36.4 Å². The molecule has 0 saturated carbocycles. The zero-order valence-electron chi connectivity index (χ0n) is 15.9. The van der Waals surface area contributed by atoms with E-state index in [-0.39, 0.29) is 18.5 Å². The molecule has 1 heterocycles. The topological polar surface area (TPSA) is 46.6 Å². The van der Waals surface area contributed by atoms with Crippen LogP contribution in [0.1, 0.15) is 39.9 Å². The quantitative estimate of drug-likeness (QED) is 0.549. The van der Waals surface area contributed by atoms with Crippen LogP contribution in [0.4, 0.5) is 0 Å².